The summed E-state index contributed by atoms with van der Waals surface area (Å²) in [6.07, 6.45) is 9.73. The van der Waals surface area contributed by atoms with Crippen LogP contribution in [0.1, 0.15) is 58.8 Å². The largest absolute Gasteiger partial charge is 0.329 e. The molecule has 0 amide bonds. The van der Waals surface area contributed by atoms with Gasteiger partial charge in [0.05, 0.1) is 0 Å². The summed E-state index contributed by atoms with van der Waals surface area (Å²) < 4.78 is 0. The zero-order valence-electron chi connectivity index (χ0n) is 12.6. The minimum Gasteiger partial charge on any atom is -0.329 e. The average Bonchev–Trinajstić information content (AvgIpc) is 2.85. The van der Waals surface area contributed by atoms with Crippen LogP contribution < -0.4 is 5.73 Å². The third kappa shape index (κ3) is 2.91. The van der Waals surface area contributed by atoms with Crippen molar-refractivity contribution in [3.8, 4) is 0 Å². The number of nitrogens with zero attached hydrogens (tertiary/aromatic N) is 1. The van der Waals surface area contributed by atoms with Crippen LogP contribution >= 0.6 is 0 Å². The van der Waals surface area contributed by atoms with Gasteiger partial charge in [0.15, 0.2) is 0 Å². The van der Waals surface area contributed by atoms with E-state index >= 15 is 0 Å². The van der Waals surface area contributed by atoms with Crippen molar-refractivity contribution in [3.63, 3.8) is 0 Å². The summed E-state index contributed by atoms with van der Waals surface area (Å²) in [6.45, 7) is 6.94. The van der Waals surface area contributed by atoms with E-state index in [4.69, 9.17) is 5.73 Å². The summed E-state index contributed by atoms with van der Waals surface area (Å²) in [6, 6.07) is 0. The maximum absolute atomic E-state index is 6.18. The fraction of sp³-hybridized carbons (Fsp3) is 1.00. The highest BCUT2D eigenvalue weighted by molar-refractivity contribution is 4.97. The molecular weight excluding hydrogens is 220 g/mol. The lowest BCUT2D eigenvalue weighted by Gasteiger charge is -2.48. The number of hydrogen-bond acceptors (Lipinski definition) is 2. The second-order valence-corrected chi connectivity index (χ2v) is 7.16. The molecule has 0 aromatic rings. The minimum atomic E-state index is 0.300. The molecule has 0 heterocycles. The van der Waals surface area contributed by atoms with Gasteiger partial charge in [-0.05, 0) is 56.9 Å². The first-order valence-corrected chi connectivity index (χ1v) is 7.99. The van der Waals surface area contributed by atoms with Crippen LogP contribution in [-0.4, -0.2) is 30.6 Å². The zero-order valence-corrected chi connectivity index (χ0v) is 12.6. The predicted octanol–water partition coefficient (Wildman–Crippen LogP) is 3.26. The van der Waals surface area contributed by atoms with Crippen LogP contribution in [0.4, 0.5) is 0 Å². The van der Waals surface area contributed by atoms with Crippen molar-refractivity contribution in [1.29, 1.82) is 0 Å². The monoisotopic (exact) mass is 252 g/mol. The van der Waals surface area contributed by atoms with Gasteiger partial charge >= 0.3 is 0 Å². The van der Waals surface area contributed by atoms with Gasteiger partial charge in [-0.25, -0.2) is 0 Å². The maximum atomic E-state index is 6.18. The van der Waals surface area contributed by atoms with Crippen molar-refractivity contribution in [2.45, 2.75) is 64.3 Å². The standard InChI is InChI=1S/C16H32N2/c1-13-8-9-16(12-17,10-14(13)2)18(3)11-15-6-4-5-7-15/h13-15H,4-12,17H2,1-3H3. The summed E-state index contributed by atoms with van der Waals surface area (Å²) >= 11 is 0. The molecule has 2 fully saturated rings. The van der Waals surface area contributed by atoms with Crippen LogP contribution in [0, 0.1) is 17.8 Å². The summed E-state index contributed by atoms with van der Waals surface area (Å²) in [5, 5.41) is 0. The van der Waals surface area contributed by atoms with Crippen molar-refractivity contribution in [3.05, 3.63) is 0 Å². The van der Waals surface area contributed by atoms with Gasteiger partial charge in [-0.1, -0.05) is 26.7 Å². The van der Waals surface area contributed by atoms with E-state index in [1.807, 2.05) is 0 Å². The van der Waals surface area contributed by atoms with Crippen molar-refractivity contribution in [2.75, 3.05) is 20.1 Å². The molecule has 0 bridgehead atoms. The van der Waals surface area contributed by atoms with Crippen LogP contribution in [0.3, 0.4) is 0 Å². The van der Waals surface area contributed by atoms with E-state index in [0.717, 1.165) is 24.3 Å². The molecule has 0 spiro atoms. The van der Waals surface area contributed by atoms with Gasteiger partial charge < -0.3 is 5.73 Å². The van der Waals surface area contributed by atoms with Gasteiger partial charge in [-0.3, -0.25) is 4.90 Å². The van der Waals surface area contributed by atoms with Crippen LogP contribution in [0.25, 0.3) is 0 Å². The summed E-state index contributed by atoms with van der Waals surface area (Å²) in [5.41, 5.74) is 6.48. The first kappa shape index (κ1) is 14.3. The van der Waals surface area contributed by atoms with Crippen LogP contribution in [-0.2, 0) is 0 Å². The lowest BCUT2D eigenvalue weighted by Crippen LogP contribution is -2.56. The normalized spacial score (nSPS) is 38.5. The minimum absolute atomic E-state index is 0.300. The van der Waals surface area contributed by atoms with E-state index in [-0.39, 0.29) is 0 Å². The topological polar surface area (TPSA) is 29.3 Å². The molecule has 2 aliphatic rings. The third-order valence-electron chi connectivity index (χ3n) is 5.93. The molecular formula is C16H32N2. The van der Waals surface area contributed by atoms with Crippen LogP contribution in [0.2, 0.25) is 0 Å². The Balaban J connectivity index is 1.97. The summed E-state index contributed by atoms with van der Waals surface area (Å²) in [4.78, 5) is 2.63. The molecule has 3 unspecified atom stereocenters. The fourth-order valence-corrected chi connectivity index (χ4v) is 4.15. The van der Waals surface area contributed by atoms with Crippen molar-refractivity contribution >= 4 is 0 Å². The lowest BCUT2D eigenvalue weighted by atomic mass is 9.70. The molecule has 0 radical (unpaired) electrons. The van der Waals surface area contributed by atoms with Crippen molar-refractivity contribution < 1.29 is 0 Å². The van der Waals surface area contributed by atoms with E-state index in [2.05, 4.69) is 25.8 Å². The average molecular weight is 252 g/mol. The fourth-order valence-electron chi connectivity index (χ4n) is 4.15. The molecule has 2 saturated carbocycles. The second kappa shape index (κ2) is 5.92. The molecule has 3 atom stereocenters. The highest BCUT2D eigenvalue weighted by Gasteiger charge is 2.40. The van der Waals surface area contributed by atoms with Gasteiger partial charge in [0, 0.05) is 18.6 Å². The first-order chi connectivity index (χ1) is 8.57. The maximum Gasteiger partial charge on any atom is 0.0331 e. The van der Waals surface area contributed by atoms with Gasteiger partial charge in [0.25, 0.3) is 0 Å². The molecule has 18 heavy (non-hydrogen) atoms. The van der Waals surface area contributed by atoms with Crippen molar-refractivity contribution in [1.82, 2.24) is 4.90 Å². The van der Waals surface area contributed by atoms with Crippen LogP contribution in [0.15, 0.2) is 0 Å². The summed E-state index contributed by atoms with van der Waals surface area (Å²) in [5.74, 6) is 2.64. The van der Waals surface area contributed by atoms with E-state index < -0.39 is 0 Å². The molecule has 0 saturated heterocycles. The molecule has 2 aliphatic carbocycles. The zero-order chi connectivity index (χ0) is 13.2. The molecule has 2 N–H and O–H groups in total. The number of hydrogen-bond donors (Lipinski definition) is 1. The summed E-state index contributed by atoms with van der Waals surface area (Å²) in [7, 11) is 2.33. The Morgan fingerprint density at radius 1 is 1.11 bits per heavy atom. The van der Waals surface area contributed by atoms with Crippen molar-refractivity contribution in [2.24, 2.45) is 23.5 Å². The number of rotatable bonds is 4. The number of likely N-dealkylation sites (N-methyl/N-ethyl adjacent to an activating group) is 1. The quantitative estimate of drug-likeness (QED) is 0.832. The lowest BCUT2D eigenvalue weighted by molar-refractivity contribution is 0.0305. The second-order valence-electron chi connectivity index (χ2n) is 7.16. The highest BCUT2D eigenvalue weighted by atomic mass is 15.2. The van der Waals surface area contributed by atoms with E-state index in [1.54, 1.807) is 0 Å². The molecule has 106 valence electrons. The first-order valence-electron chi connectivity index (χ1n) is 7.99. The third-order valence-corrected chi connectivity index (χ3v) is 5.93. The van der Waals surface area contributed by atoms with Gasteiger partial charge in [0.1, 0.15) is 0 Å². The Kier molecular flexibility index (Phi) is 4.71. The van der Waals surface area contributed by atoms with Gasteiger partial charge in [0.2, 0.25) is 0 Å². The molecule has 0 aromatic carbocycles. The SMILES string of the molecule is CC1CCC(CN)(N(C)CC2CCCC2)CC1C. The number of nitrogens with two attached hydrogens (primary N) is 1. The molecule has 2 rings (SSSR count). The molecule has 0 aliphatic heterocycles. The van der Waals surface area contributed by atoms with E-state index in [0.29, 0.717) is 5.54 Å². The highest BCUT2D eigenvalue weighted by Crippen LogP contribution is 2.40. The predicted molar refractivity (Wildman–Crippen MR) is 78.6 cm³/mol. The van der Waals surface area contributed by atoms with Gasteiger partial charge in [-0.15, -0.1) is 0 Å². The Morgan fingerprint density at radius 2 is 1.78 bits per heavy atom. The molecule has 2 heteroatoms. The molecule has 2 nitrogen and oxygen atoms in total. The Labute approximate surface area is 113 Å². The van der Waals surface area contributed by atoms with E-state index in [9.17, 15) is 0 Å². The molecule has 0 aromatic heterocycles. The smallest absolute Gasteiger partial charge is 0.0331 e. The van der Waals surface area contributed by atoms with Crippen LogP contribution in [0.5, 0.6) is 0 Å². The van der Waals surface area contributed by atoms with Gasteiger partial charge in [-0.2, -0.15) is 0 Å². The Morgan fingerprint density at radius 3 is 2.33 bits per heavy atom. The Hall–Kier alpha value is -0.0800. The Bertz CT molecular complexity index is 260. The van der Waals surface area contributed by atoms with E-state index in [1.165, 1.54) is 51.5 Å².